The molecule has 11 heteroatoms. The van der Waals surface area contributed by atoms with E-state index in [0.29, 0.717) is 32.2 Å². The SMILES string of the molecule is C[B]ON(CCO)C[C@H](O)c1ccc(Cl)c(Cl)c1.Clc1ccc([C@@H]2CNCCO2)cc1Cl. The van der Waals surface area contributed by atoms with Gasteiger partial charge in [-0.1, -0.05) is 65.4 Å². The van der Waals surface area contributed by atoms with Crippen LogP contribution in [0.4, 0.5) is 0 Å². The fourth-order valence-corrected chi connectivity index (χ4v) is 3.57. The Morgan fingerprint density at radius 1 is 1.12 bits per heavy atom. The second-order valence-corrected chi connectivity index (χ2v) is 8.51. The molecule has 0 aromatic heterocycles. The van der Waals surface area contributed by atoms with Crippen LogP contribution in [0.3, 0.4) is 0 Å². The molecule has 0 amide bonds. The Kier molecular flexibility index (Phi) is 12.7. The lowest BCUT2D eigenvalue weighted by Crippen LogP contribution is -2.33. The first-order valence-corrected chi connectivity index (χ1v) is 11.6. The molecule has 6 nitrogen and oxygen atoms in total. The summed E-state index contributed by atoms with van der Waals surface area (Å²) in [6.45, 7) is 4.68. The smallest absolute Gasteiger partial charge is 0.321 e. The molecule has 0 saturated carbocycles. The second kappa shape index (κ2) is 14.6. The topological polar surface area (TPSA) is 74.2 Å². The number of benzene rings is 2. The zero-order valence-corrected chi connectivity index (χ0v) is 20.6. The van der Waals surface area contributed by atoms with E-state index in [1.807, 2.05) is 12.1 Å². The Morgan fingerprint density at radius 2 is 1.81 bits per heavy atom. The van der Waals surface area contributed by atoms with Gasteiger partial charge in [0.1, 0.15) is 0 Å². The largest absolute Gasteiger partial charge is 0.395 e. The van der Waals surface area contributed by atoms with Crippen molar-refractivity contribution in [3.05, 3.63) is 67.6 Å². The van der Waals surface area contributed by atoms with Gasteiger partial charge in [0.05, 0.1) is 52.1 Å². The highest BCUT2D eigenvalue weighted by molar-refractivity contribution is 6.42. The summed E-state index contributed by atoms with van der Waals surface area (Å²) in [5.74, 6) is 0. The van der Waals surface area contributed by atoms with Crippen LogP contribution in [-0.2, 0) is 9.49 Å². The van der Waals surface area contributed by atoms with Crippen molar-refractivity contribution in [1.29, 1.82) is 0 Å². The Morgan fingerprint density at radius 3 is 2.38 bits per heavy atom. The van der Waals surface area contributed by atoms with Gasteiger partial charge in [-0.3, -0.25) is 0 Å². The number of aliphatic hydroxyl groups is 2. The molecule has 2 aromatic carbocycles. The zero-order valence-electron chi connectivity index (χ0n) is 17.6. The maximum absolute atomic E-state index is 10.0. The minimum Gasteiger partial charge on any atom is -0.395 e. The van der Waals surface area contributed by atoms with E-state index < -0.39 is 6.10 Å². The molecule has 3 rings (SSSR count). The average Bonchev–Trinajstić information content (AvgIpc) is 2.79. The van der Waals surface area contributed by atoms with E-state index in [-0.39, 0.29) is 19.3 Å². The van der Waals surface area contributed by atoms with Gasteiger partial charge in [-0.25, -0.2) is 5.06 Å². The molecule has 3 N–H and O–H groups in total. The van der Waals surface area contributed by atoms with Gasteiger partial charge in [0, 0.05) is 19.6 Å². The molecule has 32 heavy (non-hydrogen) atoms. The van der Waals surface area contributed by atoms with Crippen LogP contribution in [0.1, 0.15) is 23.3 Å². The highest BCUT2D eigenvalue weighted by atomic mass is 35.5. The molecule has 1 heterocycles. The summed E-state index contributed by atoms with van der Waals surface area (Å²) in [6, 6.07) is 10.6. The third-order valence-electron chi connectivity index (χ3n) is 4.55. The number of hydrogen-bond donors (Lipinski definition) is 3. The fourth-order valence-electron chi connectivity index (χ4n) is 2.96. The second-order valence-electron chi connectivity index (χ2n) is 6.88. The highest BCUT2D eigenvalue weighted by Gasteiger charge is 2.16. The maximum Gasteiger partial charge on any atom is 0.321 e. The van der Waals surface area contributed by atoms with Gasteiger partial charge in [0.15, 0.2) is 0 Å². The van der Waals surface area contributed by atoms with Crippen molar-refractivity contribution in [3.8, 4) is 0 Å². The summed E-state index contributed by atoms with van der Waals surface area (Å²) in [6.07, 6.45) is -0.676. The molecular weight excluding hydrogens is 497 g/mol. The zero-order chi connectivity index (χ0) is 23.5. The molecule has 1 fully saturated rings. The van der Waals surface area contributed by atoms with Crippen LogP contribution in [0.15, 0.2) is 36.4 Å². The van der Waals surface area contributed by atoms with Crippen LogP contribution in [0, 0.1) is 0 Å². The van der Waals surface area contributed by atoms with Crippen molar-refractivity contribution < 1.29 is 19.7 Å². The van der Waals surface area contributed by atoms with E-state index in [4.69, 9.17) is 61.0 Å². The molecular formula is C21H26BCl4N2O4. The van der Waals surface area contributed by atoms with Crippen LogP contribution >= 0.6 is 46.4 Å². The van der Waals surface area contributed by atoms with Gasteiger partial charge in [-0.05, 0) is 35.4 Å². The normalized spacial score (nSPS) is 16.9. The number of hydrogen-bond acceptors (Lipinski definition) is 6. The monoisotopic (exact) mass is 521 g/mol. The van der Waals surface area contributed by atoms with Gasteiger partial charge in [-0.2, -0.15) is 0 Å². The molecule has 2 atom stereocenters. The van der Waals surface area contributed by atoms with E-state index in [1.165, 1.54) is 12.5 Å². The fraction of sp³-hybridized carbons (Fsp3) is 0.429. The van der Waals surface area contributed by atoms with Crippen LogP contribution in [0.2, 0.25) is 26.9 Å². The number of nitrogens with one attached hydrogen (secondary N) is 1. The number of rotatable bonds is 8. The highest BCUT2D eigenvalue weighted by Crippen LogP contribution is 2.28. The first-order valence-electron chi connectivity index (χ1n) is 10.1. The van der Waals surface area contributed by atoms with E-state index in [9.17, 15) is 5.11 Å². The van der Waals surface area contributed by atoms with Gasteiger partial charge >= 0.3 is 7.48 Å². The summed E-state index contributed by atoms with van der Waals surface area (Å²) in [5.41, 5.74) is 1.72. The average molecular weight is 523 g/mol. The summed E-state index contributed by atoms with van der Waals surface area (Å²) in [7, 11) is 1.48. The molecule has 1 aliphatic rings. The number of aliphatic hydroxyl groups excluding tert-OH is 2. The number of morpholine rings is 1. The standard InChI is InChI=1S/C11H15BCl2NO3.C10H11Cl2NO/c1-12-18-15(4-5-16)7-11(17)8-2-3-9(13)10(14)6-8;11-8-2-1-7(5-9(8)12)10-6-13-3-4-14-10/h2-3,6,11,16-17H,4-5,7H2,1H3;1-2,5,10,13H,3-4,6H2/t11-;10-/m00/s1. The van der Waals surface area contributed by atoms with Crippen LogP contribution in [-0.4, -0.2) is 62.2 Å². The molecule has 2 aromatic rings. The Labute approximate surface area is 209 Å². The lowest BCUT2D eigenvalue weighted by molar-refractivity contribution is -0.0909. The number of nitrogens with zero attached hydrogens (tertiary/aromatic N) is 1. The number of hydroxylamine groups is 2. The Bertz CT molecular complexity index is 837. The van der Waals surface area contributed by atoms with Crippen molar-refractivity contribution in [2.24, 2.45) is 0 Å². The molecule has 175 valence electrons. The quantitative estimate of drug-likeness (QED) is 0.348. The van der Waals surface area contributed by atoms with Crippen LogP contribution in [0.25, 0.3) is 0 Å². The number of ether oxygens (including phenoxy) is 1. The summed E-state index contributed by atoms with van der Waals surface area (Å²) >= 11 is 23.4. The van der Waals surface area contributed by atoms with Gasteiger partial charge in [-0.15, -0.1) is 0 Å². The molecule has 0 unspecified atom stereocenters. The maximum atomic E-state index is 10.0. The molecule has 1 radical (unpaired) electrons. The predicted molar refractivity (Wildman–Crippen MR) is 131 cm³/mol. The lowest BCUT2D eigenvalue weighted by atomic mass is 10.1. The van der Waals surface area contributed by atoms with Crippen molar-refractivity contribution >= 4 is 53.9 Å². The Balaban J connectivity index is 0.000000233. The minimum atomic E-state index is -0.772. The minimum absolute atomic E-state index is 0.0536. The molecule has 1 saturated heterocycles. The first kappa shape index (κ1) is 27.7. The molecule has 1 aliphatic heterocycles. The van der Waals surface area contributed by atoms with Gasteiger partial charge in [0.2, 0.25) is 0 Å². The predicted octanol–water partition coefficient (Wildman–Crippen LogP) is 4.57. The van der Waals surface area contributed by atoms with Crippen LogP contribution in [0.5, 0.6) is 0 Å². The van der Waals surface area contributed by atoms with Crippen LogP contribution < -0.4 is 5.32 Å². The molecule has 0 spiro atoms. The molecule has 0 aliphatic carbocycles. The summed E-state index contributed by atoms with van der Waals surface area (Å²) in [5, 5.41) is 25.6. The van der Waals surface area contributed by atoms with Gasteiger partial charge < -0.3 is 25.0 Å². The first-order chi connectivity index (χ1) is 15.3. The Hall–Kier alpha value is -0.575. The summed E-state index contributed by atoms with van der Waals surface area (Å²) in [4.78, 5) is 0. The molecule has 0 bridgehead atoms. The third kappa shape index (κ3) is 8.99. The van der Waals surface area contributed by atoms with E-state index in [0.717, 1.165) is 25.3 Å². The van der Waals surface area contributed by atoms with Gasteiger partial charge in [0.25, 0.3) is 0 Å². The van der Waals surface area contributed by atoms with Crippen molar-refractivity contribution in [3.63, 3.8) is 0 Å². The lowest BCUT2D eigenvalue weighted by Gasteiger charge is -2.24. The van der Waals surface area contributed by atoms with E-state index in [1.54, 1.807) is 31.1 Å². The van der Waals surface area contributed by atoms with Crippen molar-refractivity contribution in [2.45, 2.75) is 19.0 Å². The number of halogens is 4. The van der Waals surface area contributed by atoms with E-state index in [2.05, 4.69) is 5.32 Å². The third-order valence-corrected chi connectivity index (χ3v) is 6.03. The summed E-state index contributed by atoms with van der Waals surface area (Å²) < 4.78 is 10.8. The van der Waals surface area contributed by atoms with Crippen molar-refractivity contribution in [2.75, 3.05) is 39.4 Å². The van der Waals surface area contributed by atoms with Crippen molar-refractivity contribution in [1.82, 2.24) is 10.4 Å². The van der Waals surface area contributed by atoms with E-state index >= 15 is 0 Å².